The van der Waals surface area contributed by atoms with E-state index in [1.807, 2.05) is 0 Å². The minimum absolute atomic E-state index is 0. The maximum atomic E-state index is 5.94. The van der Waals surface area contributed by atoms with Gasteiger partial charge in [0.25, 0.3) is 0 Å². The van der Waals surface area contributed by atoms with Crippen molar-refractivity contribution in [3.63, 3.8) is 0 Å². The second-order valence-corrected chi connectivity index (χ2v) is 4.74. The molecule has 0 aromatic heterocycles. The molecule has 1 aliphatic rings. The van der Waals surface area contributed by atoms with Gasteiger partial charge in [0.1, 0.15) is 11.4 Å². The predicted molar refractivity (Wildman–Crippen MR) is 74.1 cm³/mol. The molecule has 0 saturated carbocycles. The average molecular weight is 689 g/mol. The van der Waals surface area contributed by atoms with Crippen molar-refractivity contribution in [1.29, 1.82) is 0 Å². The van der Waals surface area contributed by atoms with Crippen molar-refractivity contribution in [2.24, 2.45) is 0 Å². The Bertz CT molecular complexity index is 588. The Labute approximate surface area is 179 Å². The Kier molecular flexibility index (Phi) is 8.14. The smallest absolute Gasteiger partial charge is 0.128 e. The molecule has 0 bridgehead atoms. The topological polar surface area (TPSA) is 9.23 Å². The van der Waals surface area contributed by atoms with Crippen LogP contribution in [-0.4, -0.2) is 5.60 Å². The number of benzene rings is 2. The van der Waals surface area contributed by atoms with Gasteiger partial charge < -0.3 is 12.2 Å². The van der Waals surface area contributed by atoms with Gasteiger partial charge in [-0.15, -0.1) is 0 Å². The summed E-state index contributed by atoms with van der Waals surface area (Å²) >= 11 is 0. The zero-order chi connectivity index (χ0) is 11.2. The van der Waals surface area contributed by atoms with Gasteiger partial charge in [-0.2, -0.15) is 0 Å². The molecule has 0 N–H and O–H groups in total. The Balaban J connectivity index is 0.00000108. The molecule has 2 aromatic rings. The maximum Gasteiger partial charge on any atom is 0.128 e. The van der Waals surface area contributed by atoms with Gasteiger partial charge in [-0.25, -0.2) is 0 Å². The summed E-state index contributed by atoms with van der Waals surface area (Å²) in [5.74, 6) is 0.978. The van der Waals surface area contributed by atoms with E-state index in [1.54, 1.807) is 0 Å². The molecule has 0 amide bonds. The summed E-state index contributed by atoms with van der Waals surface area (Å²) in [4.78, 5) is 0. The fraction of sp³-hybridized carbons (Fsp3) is 0.188. The van der Waals surface area contributed by atoms with E-state index in [2.05, 4.69) is 62.4 Å². The third kappa shape index (κ3) is 4.18. The van der Waals surface area contributed by atoms with Gasteiger partial charge >= 0.3 is 0 Å². The Morgan fingerprint density at radius 1 is 0.947 bits per heavy atom. The summed E-state index contributed by atoms with van der Waals surface area (Å²) in [6, 6.07) is 12.6. The summed E-state index contributed by atoms with van der Waals surface area (Å²) in [6.45, 7) is 4.14. The fourth-order valence-electron chi connectivity index (χ4n) is 2.14. The Morgan fingerprint density at radius 3 is 2.37 bits per heavy atom. The standard InChI is InChI=1S/C15H14O.CH3.2Th/c1-15(2)10-9-13-12-6-4-3-5-11(12)7-8-14(13)16-15;;;/h3-10H,1-2H3;1H3;;/q;-1;;. The van der Waals surface area contributed by atoms with E-state index >= 15 is 0 Å². The molecular weight excluding hydrogens is 672 g/mol. The SMILES string of the molecule is CC1(C)C=Cc2c(ccc3ccccc23)O1.[CH3-].[Th].[Th]. The van der Waals surface area contributed by atoms with E-state index in [9.17, 15) is 0 Å². The number of rotatable bonds is 0. The number of hydrogen-bond donors (Lipinski definition) is 0. The third-order valence-corrected chi connectivity index (χ3v) is 2.96. The molecule has 0 saturated heterocycles. The van der Waals surface area contributed by atoms with Gasteiger partial charge in [-0.05, 0) is 36.8 Å². The molecule has 1 nitrogen and oxygen atoms in total. The maximum absolute atomic E-state index is 5.94. The van der Waals surface area contributed by atoms with Crippen LogP contribution < -0.4 is 4.74 Å². The molecular formula is C16H17OTh2-. The quantitative estimate of drug-likeness (QED) is 0.372. The number of ether oxygens (including phenoxy) is 1. The average Bonchev–Trinajstić information content (AvgIpc) is 2.27. The van der Waals surface area contributed by atoms with E-state index in [0.717, 1.165) is 5.75 Å². The van der Waals surface area contributed by atoms with Crippen LogP contribution in [0, 0.1) is 87.3 Å². The van der Waals surface area contributed by atoms with Gasteiger partial charge in [-0.1, -0.05) is 36.4 Å². The normalized spacial score (nSPS) is 14.2. The van der Waals surface area contributed by atoms with E-state index in [4.69, 9.17) is 4.74 Å². The molecule has 0 atom stereocenters. The molecule has 19 heavy (non-hydrogen) atoms. The zero-order valence-corrected chi connectivity index (χ0v) is 19.7. The van der Waals surface area contributed by atoms with Crippen molar-refractivity contribution in [1.82, 2.24) is 0 Å². The number of hydrogen-bond acceptors (Lipinski definition) is 1. The molecule has 1 heterocycles. The first-order valence-electron chi connectivity index (χ1n) is 5.56. The molecule has 0 spiro atoms. The molecule has 0 unspecified atom stereocenters. The molecule has 1 aliphatic heterocycles. The third-order valence-electron chi connectivity index (χ3n) is 2.96. The molecule has 2 aromatic carbocycles. The van der Waals surface area contributed by atoms with Crippen LogP contribution in [0.2, 0.25) is 0 Å². The van der Waals surface area contributed by atoms with E-state index in [1.165, 1.54) is 16.3 Å². The van der Waals surface area contributed by atoms with Gasteiger partial charge in [0.2, 0.25) is 0 Å². The second kappa shape index (κ2) is 7.77. The summed E-state index contributed by atoms with van der Waals surface area (Å²) in [5.41, 5.74) is 0.993. The summed E-state index contributed by atoms with van der Waals surface area (Å²) in [6.07, 6.45) is 4.28. The summed E-state index contributed by atoms with van der Waals surface area (Å²) < 4.78 is 5.94. The summed E-state index contributed by atoms with van der Waals surface area (Å²) in [7, 11) is 0. The Morgan fingerprint density at radius 2 is 1.63 bits per heavy atom. The van der Waals surface area contributed by atoms with E-state index in [0.29, 0.717) is 0 Å². The van der Waals surface area contributed by atoms with Gasteiger partial charge in [0, 0.05) is 85.4 Å². The van der Waals surface area contributed by atoms with Crippen molar-refractivity contribution < 1.29 is 84.6 Å². The van der Waals surface area contributed by atoms with Crippen LogP contribution in [0.25, 0.3) is 16.8 Å². The van der Waals surface area contributed by atoms with Gasteiger partial charge in [0.15, 0.2) is 0 Å². The largest absolute Gasteiger partial charge is 0.483 e. The van der Waals surface area contributed by atoms with Crippen LogP contribution in [0.5, 0.6) is 5.75 Å². The first kappa shape index (κ1) is 19.9. The first-order chi connectivity index (χ1) is 7.66. The Hall–Kier alpha value is 0.889. The van der Waals surface area contributed by atoms with Crippen LogP contribution in [0.1, 0.15) is 19.4 Å². The molecule has 3 rings (SSSR count). The monoisotopic (exact) mass is 689 g/mol. The molecule has 0 aliphatic carbocycles. The zero-order valence-electron chi connectivity index (χ0n) is 11.5. The van der Waals surface area contributed by atoms with Gasteiger partial charge in [-0.3, -0.25) is 0 Å². The van der Waals surface area contributed by atoms with Crippen molar-refractivity contribution in [3.05, 3.63) is 55.5 Å². The van der Waals surface area contributed by atoms with Crippen molar-refractivity contribution in [2.75, 3.05) is 0 Å². The minimum atomic E-state index is -0.199. The summed E-state index contributed by atoms with van der Waals surface area (Å²) in [5, 5.41) is 2.51. The minimum Gasteiger partial charge on any atom is -0.483 e. The van der Waals surface area contributed by atoms with Crippen LogP contribution >= 0.6 is 0 Å². The van der Waals surface area contributed by atoms with E-state index in [-0.39, 0.29) is 92.9 Å². The fourth-order valence-corrected chi connectivity index (χ4v) is 2.14. The number of fused-ring (bicyclic) bond motifs is 3. The second-order valence-electron chi connectivity index (χ2n) is 4.74. The van der Waals surface area contributed by atoms with Crippen LogP contribution in [0.15, 0.2) is 42.5 Å². The van der Waals surface area contributed by atoms with Crippen molar-refractivity contribution in [2.45, 2.75) is 19.4 Å². The predicted octanol–water partition coefficient (Wildman–Crippen LogP) is 4.47. The first-order valence-corrected chi connectivity index (χ1v) is 5.56. The van der Waals surface area contributed by atoms with E-state index < -0.39 is 0 Å². The van der Waals surface area contributed by atoms with Crippen molar-refractivity contribution >= 4 is 16.8 Å². The van der Waals surface area contributed by atoms with Gasteiger partial charge in [0.05, 0.1) is 0 Å². The molecule has 0 fully saturated rings. The molecule has 3 heteroatoms. The molecule has 0 radical (unpaired) electrons. The van der Waals surface area contributed by atoms with Crippen molar-refractivity contribution in [3.8, 4) is 5.75 Å². The van der Waals surface area contributed by atoms with Crippen LogP contribution in [0.4, 0.5) is 0 Å². The molecule has 96 valence electrons. The van der Waals surface area contributed by atoms with Crippen LogP contribution in [0.3, 0.4) is 0 Å². The van der Waals surface area contributed by atoms with Crippen LogP contribution in [-0.2, 0) is 0 Å².